The number of alkyl halides is 12. The Morgan fingerprint density at radius 2 is 0.672 bits per heavy atom. The molecule has 0 radical (unpaired) electrons. The molecule has 11 aromatic rings. The van der Waals surface area contributed by atoms with Crippen molar-refractivity contribution in [1.82, 2.24) is 15.0 Å². The summed E-state index contributed by atoms with van der Waals surface area (Å²) in [7, 11) is 1.63. The Balaban J connectivity index is 0.000000689. The fourth-order valence-electron chi connectivity index (χ4n) is 10.2. The molecule has 23 heteroatoms. The molecule has 680 valence electrons. The molecule has 0 aliphatic rings. The van der Waals surface area contributed by atoms with E-state index in [0.717, 1.165) is 70.2 Å². The van der Waals surface area contributed by atoms with Crippen molar-refractivity contribution in [3.8, 4) is 11.8 Å². The second-order valence-electron chi connectivity index (χ2n) is 32.1. The topological polar surface area (TPSA) is 71.7 Å². The van der Waals surface area contributed by atoms with Crippen molar-refractivity contribution >= 4 is 58.0 Å². The molecule has 0 spiro atoms. The third-order valence-electron chi connectivity index (χ3n) is 18.3. The van der Waals surface area contributed by atoms with Crippen molar-refractivity contribution < 1.29 is 61.8 Å². The molecule has 125 heavy (non-hydrogen) atoms. The maximum Gasteiger partial charge on any atom is 0.417 e. The Morgan fingerprint density at radius 1 is 0.288 bits per heavy atom. The first-order valence-corrected chi connectivity index (χ1v) is 42.8. The van der Waals surface area contributed by atoms with E-state index >= 15 is 0 Å². The Kier molecular flexibility index (Phi) is 52.0. The summed E-state index contributed by atoms with van der Waals surface area (Å²) in [6.45, 7) is 44.9. The Hall–Kier alpha value is -8.96. The van der Waals surface area contributed by atoms with Crippen LogP contribution < -0.4 is 4.74 Å². The van der Waals surface area contributed by atoms with E-state index in [4.69, 9.17) is 68.0 Å². The van der Waals surface area contributed by atoms with Crippen LogP contribution in [0.1, 0.15) is 307 Å². The number of ether oxygens (including phenoxy) is 1. The van der Waals surface area contributed by atoms with Gasteiger partial charge in [0.2, 0.25) is 0 Å². The van der Waals surface area contributed by atoms with Gasteiger partial charge in [0, 0.05) is 36.2 Å². The minimum atomic E-state index is -4.37. The van der Waals surface area contributed by atoms with Crippen LogP contribution in [-0.2, 0) is 24.7 Å². The van der Waals surface area contributed by atoms with Crippen molar-refractivity contribution in [1.29, 1.82) is 5.26 Å². The summed E-state index contributed by atoms with van der Waals surface area (Å²) in [4.78, 5) is 11.9. The van der Waals surface area contributed by atoms with Gasteiger partial charge in [-0.25, -0.2) is 4.39 Å². The molecule has 0 aliphatic carbocycles. The average Bonchev–Trinajstić information content (AvgIpc) is 0.815. The predicted octanol–water partition coefficient (Wildman–Crippen LogP) is 36.5. The van der Waals surface area contributed by atoms with Crippen molar-refractivity contribution in [2.75, 3.05) is 7.11 Å². The maximum absolute atomic E-state index is 12.5. The van der Waals surface area contributed by atoms with E-state index in [9.17, 15) is 57.1 Å². The van der Waals surface area contributed by atoms with Gasteiger partial charge in [-0.05, 0) is 224 Å². The summed E-state index contributed by atoms with van der Waals surface area (Å²) in [5.74, 6) is 4.89. The van der Waals surface area contributed by atoms with Crippen molar-refractivity contribution in [3.63, 3.8) is 0 Å². The molecule has 3 aromatic heterocycles. The van der Waals surface area contributed by atoms with Crippen molar-refractivity contribution in [2.24, 2.45) is 0 Å². The first-order valence-electron chi connectivity index (χ1n) is 40.9. The fourth-order valence-corrected chi connectivity index (χ4v) is 11.1. The largest absolute Gasteiger partial charge is 0.495 e. The summed E-state index contributed by atoms with van der Waals surface area (Å²) < 4.78 is 164. The van der Waals surface area contributed by atoms with Gasteiger partial charge in [0.1, 0.15) is 17.6 Å². The minimum Gasteiger partial charge on any atom is -0.495 e. The van der Waals surface area contributed by atoms with E-state index < -0.39 is 47.0 Å². The van der Waals surface area contributed by atoms with Gasteiger partial charge in [0.25, 0.3) is 0 Å². The molecular formula is C102H120Cl5F13N4O. The van der Waals surface area contributed by atoms with Gasteiger partial charge in [-0.3, -0.25) is 15.0 Å². The molecule has 11 rings (SSSR count). The van der Waals surface area contributed by atoms with Crippen LogP contribution >= 0.6 is 58.0 Å². The second-order valence-corrected chi connectivity index (χ2v) is 34.1. The molecule has 0 amide bonds. The lowest BCUT2D eigenvalue weighted by Crippen LogP contribution is -2.06. The lowest BCUT2D eigenvalue weighted by atomic mass is 10.0. The van der Waals surface area contributed by atoms with E-state index in [1.54, 1.807) is 43.6 Å². The SMILES string of the molecule is CC(C)c1ccc(C(F)(F)F)cc1.CC(C)c1ccc(C(F)(F)F)cn1.CC(C)c1ccc(Cl)c(C#N)c1.CC(C)c1ccc(Cl)c(C(F)(F)F)c1.CC(C)c1ccc(Cl)c(Cl)c1.CC(C)c1cccc(C(F)(F)F)c1.CC(C)c1cccc(F)c1.CC(C)c1ccccc1.CC(C)c1ccccn1.CC(C)c1cccnc1.COc1cc(C(C)C)ccc1Cl. The van der Waals surface area contributed by atoms with Crippen molar-refractivity contribution in [2.45, 2.75) is 242 Å². The summed E-state index contributed by atoms with van der Waals surface area (Å²) in [5.41, 5.74) is 9.46. The molecule has 0 saturated heterocycles. The van der Waals surface area contributed by atoms with E-state index in [1.807, 2.05) is 153 Å². The van der Waals surface area contributed by atoms with Crippen LogP contribution in [0.3, 0.4) is 0 Å². The molecule has 8 aromatic carbocycles. The molecule has 0 N–H and O–H groups in total. The number of hydrogen-bond acceptors (Lipinski definition) is 5. The van der Waals surface area contributed by atoms with Crippen LogP contribution in [0.2, 0.25) is 25.1 Å². The Bertz CT molecular complexity index is 4690. The first kappa shape index (κ1) is 114. The lowest BCUT2D eigenvalue weighted by molar-refractivity contribution is -0.138. The molecule has 0 saturated carbocycles. The van der Waals surface area contributed by atoms with Gasteiger partial charge in [-0.1, -0.05) is 320 Å². The van der Waals surface area contributed by atoms with E-state index in [0.29, 0.717) is 78.3 Å². The summed E-state index contributed by atoms with van der Waals surface area (Å²) >= 11 is 28.7. The number of hydrogen-bond donors (Lipinski definition) is 0. The van der Waals surface area contributed by atoms with Gasteiger partial charge < -0.3 is 4.74 Å². The number of nitriles is 1. The third kappa shape index (κ3) is 45.9. The van der Waals surface area contributed by atoms with E-state index in [1.165, 1.54) is 64.7 Å². The minimum absolute atomic E-state index is 0.0633. The second kappa shape index (κ2) is 57.0. The highest BCUT2D eigenvalue weighted by Crippen LogP contribution is 2.38. The number of rotatable bonds is 12. The summed E-state index contributed by atoms with van der Waals surface area (Å²) in [6, 6.07) is 63.7. The summed E-state index contributed by atoms with van der Waals surface area (Å²) in [6.07, 6.45) is -10.7. The number of benzene rings is 8. The predicted molar refractivity (Wildman–Crippen MR) is 496 cm³/mol. The quantitative estimate of drug-likeness (QED) is 0.114. The Labute approximate surface area is 759 Å². The van der Waals surface area contributed by atoms with Crippen LogP contribution in [0, 0.1) is 17.1 Å². The third-order valence-corrected chi connectivity index (χ3v) is 20.0. The number of halogens is 18. The van der Waals surface area contributed by atoms with E-state index in [2.05, 4.69) is 148 Å². The lowest BCUT2D eigenvalue weighted by Gasteiger charge is -2.12. The molecule has 0 fully saturated rings. The normalized spacial score (nSPS) is 11.1. The monoisotopic (exact) mass is 1840 g/mol. The number of pyridine rings is 3. The number of aromatic nitrogens is 3. The zero-order valence-corrected chi connectivity index (χ0v) is 79.2. The molecule has 0 unspecified atom stereocenters. The highest BCUT2D eigenvalue weighted by molar-refractivity contribution is 6.42. The maximum atomic E-state index is 12.5. The highest BCUT2D eigenvalue weighted by atomic mass is 35.5. The van der Waals surface area contributed by atoms with Crippen molar-refractivity contribution in [3.05, 3.63) is 363 Å². The van der Waals surface area contributed by atoms with Gasteiger partial charge in [0.15, 0.2) is 0 Å². The number of nitrogens with zero attached hydrogens (tertiary/aromatic N) is 4. The number of methoxy groups -OCH3 is 1. The zero-order valence-electron chi connectivity index (χ0n) is 75.4. The van der Waals surface area contributed by atoms with Crippen LogP contribution in [-0.4, -0.2) is 22.1 Å². The molecule has 0 bridgehead atoms. The highest BCUT2D eigenvalue weighted by Gasteiger charge is 2.34. The molecule has 5 nitrogen and oxygen atoms in total. The molecule has 0 aliphatic heterocycles. The van der Waals surface area contributed by atoms with Crippen LogP contribution in [0.15, 0.2) is 243 Å². The van der Waals surface area contributed by atoms with Crippen LogP contribution in [0.5, 0.6) is 5.75 Å². The molecule has 3 heterocycles. The smallest absolute Gasteiger partial charge is 0.417 e. The van der Waals surface area contributed by atoms with Crippen LogP contribution in [0.25, 0.3) is 0 Å². The first-order chi connectivity index (χ1) is 58.1. The standard InChI is InChI=1S/C10H10ClF3.C10H10ClN.C10H13ClO.2C10H11F3.C9H10Cl2.C9H10F3N.C9H11F.C9H12.2C8H11N/c1-6(2)7-3-4-9(11)8(5-7)10(12,13)14;1-7(2)8-3-4-10(11)9(5-8)6-12;1-7(2)8-4-5-9(11)10(6-8)12-3;1-7(2)8-3-5-9(6-4-8)10(11,12)13;1-7(2)8-4-3-5-9(6-8)10(11,12)13;1-6(2)7-3-4-8(10)9(11)5-7;1-6(2)8-4-3-7(5-13-8)9(10,11)12;1-7(2)8-4-3-5-9(10)6-8;1-8(2)9-6-4-3-5-7-9;1-7(2)8-4-3-5-9-6-8;1-7(2)8-5-3-4-6-9-8/h3-6H,1-2H3;3-5,7H,1-2H3;4-7H,1-3H3;2*3-7H,1-2H3;3-6H,1-2H3;3-6H,1-2H3;3-7H,1-2H3;3-8H,1-2H3;2*3-7H,1-2H3. The molecule has 0 atom stereocenters. The fraction of sp³-hybridized carbons (Fsp3) is 0.373. The van der Waals surface area contributed by atoms with Crippen LogP contribution in [0.4, 0.5) is 57.1 Å². The average molecular weight is 1840 g/mol. The van der Waals surface area contributed by atoms with Gasteiger partial charge >= 0.3 is 24.7 Å². The van der Waals surface area contributed by atoms with Gasteiger partial charge in [-0.2, -0.15) is 57.9 Å². The van der Waals surface area contributed by atoms with Gasteiger partial charge in [0.05, 0.1) is 60.0 Å². The van der Waals surface area contributed by atoms with Gasteiger partial charge in [-0.15, -0.1) is 0 Å². The van der Waals surface area contributed by atoms with E-state index in [-0.39, 0.29) is 34.5 Å². The zero-order chi connectivity index (χ0) is 95.4. The summed E-state index contributed by atoms with van der Waals surface area (Å²) in [5, 5.41) is 10.9. The Morgan fingerprint density at radius 3 is 1.04 bits per heavy atom. The molecular weight excluding hydrogens is 1720 g/mol.